The first kappa shape index (κ1) is 19.4. The molecule has 1 saturated heterocycles. The predicted octanol–water partition coefficient (Wildman–Crippen LogP) is 2.40. The van der Waals surface area contributed by atoms with Gasteiger partial charge < -0.3 is 4.74 Å². The van der Waals surface area contributed by atoms with Gasteiger partial charge in [-0.25, -0.2) is 0 Å². The van der Waals surface area contributed by atoms with Gasteiger partial charge in [-0.05, 0) is 31.4 Å². The molecule has 0 N–H and O–H groups in total. The van der Waals surface area contributed by atoms with Crippen LogP contribution < -0.4 is 0 Å². The van der Waals surface area contributed by atoms with E-state index in [4.69, 9.17) is 4.74 Å². The Labute approximate surface area is 152 Å². The Morgan fingerprint density at radius 1 is 1.42 bits per heavy atom. The number of piperidine rings is 1. The van der Waals surface area contributed by atoms with Crippen molar-refractivity contribution in [1.82, 2.24) is 8.61 Å². The van der Waals surface area contributed by atoms with Crippen LogP contribution in [0.3, 0.4) is 0 Å². The zero-order valence-corrected chi connectivity index (χ0v) is 16.3. The van der Waals surface area contributed by atoms with E-state index in [0.29, 0.717) is 26.0 Å². The highest BCUT2D eigenvalue weighted by atomic mass is 79.9. The van der Waals surface area contributed by atoms with Crippen molar-refractivity contribution in [3.05, 3.63) is 34.3 Å². The first-order valence-electron chi connectivity index (χ1n) is 7.97. The Morgan fingerprint density at radius 3 is 2.79 bits per heavy atom. The molecule has 0 radical (unpaired) electrons. The lowest BCUT2D eigenvalue weighted by Gasteiger charge is -2.33. The Bertz CT molecular complexity index is 680. The fraction of sp³-hybridized carbons (Fsp3) is 0.562. The number of halogens is 1. The molecule has 0 bridgehead atoms. The number of hydrogen-bond acceptors (Lipinski definition) is 4. The molecule has 1 aliphatic heterocycles. The maximum atomic E-state index is 12.8. The molecule has 24 heavy (non-hydrogen) atoms. The Morgan fingerprint density at radius 2 is 2.12 bits per heavy atom. The molecule has 8 heteroatoms. The van der Waals surface area contributed by atoms with Crippen LogP contribution in [0.1, 0.15) is 25.3 Å². The zero-order valence-electron chi connectivity index (χ0n) is 13.9. The summed E-state index contributed by atoms with van der Waals surface area (Å²) in [5.74, 6) is -0.698. The fourth-order valence-electron chi connectivity index (χ4n) is 2.75. The van der Waals surface area contributed by atoms with Crippen molar-refractivity contribution in [3.8, 4) is 0 Å². The van der Waals surface area contributed by atoms with Crippen LogP contribution in [0.15, 0.2) is 28.7 Å². The summed E-state index contributed by atoms with van der Waals surface area (Å²) < 4.78 is 34.2. The summed E-state index contributed by atoms with van der Waals surface area (Å²) in [5, 5.41) is 0. The maximum absolute atomic E-state index is 12.8. The number of esters is 1. The van der Waals surface area contributed by atoms with Crippen molar-refractivity contribution in [2.24, 2.45) is 5.92 Å². The molecule has 0 aromatic heterocycles. The van der Waals surface area contributed by atoms with E-state index in [0.717, 1.165) is 10.0 Å². The lowest BCUT2D eigenvalue weighted by atomic mass is 10.0. The minimum Gasteiger partial charge on any atom is -0.466 e. The molecule has 1 fully saturated rings. The second kappa shape index (κ2) is 8.42. The number of ether oxygens (including phenoxy) is 1. The SMILES string of the molecule is CCOC(=O)C1CCCN(S(=O)(=O)N(C)Cc2ccccc2Br)C1. The van der Waals surface area contributed by atoms with Gasteiger partial charge in [-0.1, -0.05) is 34.1 Å². The van der Waals surface area contributed by atoms with Crippen LogP contribution >= 0.6 is 15.9 Å². The first-order chi connectivity index (χ1) is 11.4. The molecule has 0 spiro atoms. The molecule has 1 aromatic rings. The summed E-state index contributed by atoms with van der Waals surface area (Å²) in [4.78, 5) is 11.9. The number of carbonyl (C=O) groups is 1. The monoisotopic (exact) mass is 418 g/mol. The van der Waals surface area contributed by atoms with E-state index in [1.165, 1.54) is 8.61 Å². The number of benzene rings is 1. The lowest BCUT2D eigenvalue weighted by molar-refractivity contribution is -0.149. The Hall–Kier alpha value is -0.960. The van der Waals surface area contributed by atoms with Gasteiger partial charge in [0, 0.05) is 31.2 Å². The van der Waals surface area contributed by atoms with E-state index < -0.39 is 10.2 Å². The molecule has 6 nitrogen and oxygen atoms in total. The summed E-state index contributed by atoms with van der Waals surface area (Å²) in [6.45, 7) is 2.94. The molecular weight excluding hydrogens is 396 g/mol. The molecule has 1 unspecified atom stereocenters. The molecule has 0 saturated carbocycles. The molecular formula is C16H23BrN2O4S. The van der Waals surface area contributed by atoms with Crippen LogP contribution in [0.5, 0.6) is 0 Å². The highest BCUT2D eigenvalue weighted by Crippen LogP contribution is 2.24. The third-order valence-corrected chi connectivity index (χ3v) is 6.75. The van der Waals surface area contributed by atoms with Crippen LogP contribution in [0.2, 0.25) is 0 Å². The van der Waals surface area contributed by atoms with Crippen LogP contribution in [-0.2, 0) is 26.3 Å². The average Bonchev–Trinajstić information content (AvgIpc) is 2.57. The molecule has 134 valence electrons. The normalized spacial score (nSPS) is 19.4. The fourth-order valence-corrected chi connectivity index (χ4v) is 4.58. The average molecular weight is 419 g/mol. The lowest BCUT2D eigenvalue weighted by Crippen LogP contribution is -2.48. The number of carbonyl (C=O) groups excluding carboxylic acids is 1. The third-order valence-electron chi connectivity index (χ3n) is 4.08. The van der Waals surface area contributed by atoms with Crippen molar-refractivity contribution in [2.75, 3.05) is 26.7 Å². The Kier molecular flexibility index (Phi) is 6.79. The van der Waals surface area contributed by atoms with Crippen LogP contribution in [0, 0.1) is 5.92 Å². The summed E-state index contributed by atoms with van der Waals surface area (Å²) in [6, 6.07) is 7.52. The van der Waals surface area contributed by atoms with Gasteiger partial charge in [0.25, 0.3) is 10.2 Å². The summed E-state index contributed by atoms with van der Waals surface area (Å²) in [7, 11) is -2.06. The maximum Gasteiger partial charge on any atom is 0.310 e. The van der Waals surface area contributed by atoms with E-state index in [1.807, 2.05) is 24.3 Å². The standard InChI is InChI=1S/C16H23BrN2O4S/c1-3-23-16(20)14-8-6-10-19(12-14)24(21,22)18(2)11-13-7-4-5-9-15(13)17/h4-5,7,9,14H,3,6,8,10-12H2,1-2H3. The number of nitrogens with zero attached hydrogens (tertiary/aromatic N) is 2. The number of hydrogen-bond donors (Lipinski definition) is 0. The van der Waals surface area contributed by atoms with Crippen molar-refractivity contribution in [3.63, 3.8) is 0 Å². The highest BCUT2D eigenvalue weighted by Gasteiger charge is 2.35. The third kappa shape index (κ3) is 4.56. The minimum atomic E-state index is -3.62. The Balaban J connectivity index is 2.08. The first-order valence-corrected chi connectivity index (χ1v) is 10.2. The van der Waals surface area contributed by atoms with Crippen molar-refractivity contribution in [2.45, 2.75) is 26.3 Å². The molecule has 0 aliphatic carbocycles. The van der Waals surface area contributed by atoms with Gasteiger partial charge in [-0.3, -0.25) is 4.79 Å². The van der Waals surface area contributed by atoms with Gasteiger partial charge in [0.15, 0.2) is 0 Å². The van der Waals surface area contributed by atoms with Crippen molar-refractivity contribution >= 4 is 32.1 Å². The van der Waals surface area contributed by atoms with E-state index in [2.05, 4.69) is 15.9 Å². The zero-order chi connectivity index (χ0) is 17.7. The quantitative estimate of drug-likeness (QED) is 0.665. The van der Waals surface area contributed by atoms with E-state index in [1.54, 1.807) is 14.0 Å². The van der Waals surface area contributed by atoms with Crippen molar-refractivity contribution < 1.29 is 17.9 Å². The largest absolute Gasteiger partial charge is 0.466 e. The molecule has 1 aromatic carbocycles. The highest BCUT2D eigenvalue weighted by molar-refractivity contribution is 9.10. The second-order valence-corrected chi connectivity index (χ2v) is 8.69. The molecule has 1 aliphatic rings. The number of rotatable bonds is 6. The van der Waals surface area contributed by atoms with Gasteiger partial charge in [-0.15, -0.1) is 0 Å². The van der Waals surface area contributed by atoms with Gasteiger partial charge in [0.05, 0.1) is 12.5 Å². The topological polar surface area (TPSA) is 66.9 Å². The van der Waals surface area contributed by atoms with Gasteiger partial charge in [0.2, 0.25) is 0 Å². The summed E-state index contributed by atoms with van der Waals surface area (Å²) >= 11 is 3.44. The van der Waals surface area contributed by atoms with Gasteiger partial charge in [-0.2, -0.15) is 17.0 Å². The van der Waals surface area contributed by atoms with E-state index >= 15 is 0 Å². The summed E-state index contributed by atoms with van der Waals surface area (Å²) in [5.41, 5.74) is 0.891. The van der Waals surface area contributed by atoms with Crippen molar-refractivity contribution in [1.29, 1.82) is 0 Å². The van der Waals surface area contributed by atoms with Crippen LogP contribution in [0.4, 0.5) is 0 Å². The van der Waals surface area contributed by atoms with Gasteiger partial charge >= 0.3 is 5.97 Å². The van der Waals surface area contributed by atoms with Gasteiger partial charge in [0.1, 0.15) is 0 Å². The molecule has 1 heterocycles. The van der Waals surface area contributed by atoms with Crippen LogP contribution in [0.25, 0.3) is 0 Å². The predicted molar refractivity (Wildman–Crippen MR) is 95.5 cm³/mol. The van der Waals surface area contributed by atoms with Crippen LogP contribution in [-0.4, -0.2) is 49.7 Å². The molecule has 2 rings (SSSR count). The van der Waals surface area contributed by atoms with E-state index in [9.17, 15) is 13.2 Å². The second-order valence-electron chi connectivity index (χ2n) is 5.80. The smallest absolute Gasteiger partial charge is 0.310 e. The summed E-state index contributed by atoms with van der Waals surface area (Å²) in [6.07, 6.45) is 1.32. The molecule has 1 atom stereocenters. The molecule has 0 amide bonds. The van der Waals surface area contributed by atoms with E-state index in [-0.39, 0.29) is 25.0 Å². The minimum absolute atomic E-state index is 0.182.